The molecule has 1 atom stereocenters. The predicted octanol–water partition coefficient (Wildman–Crippen LogP) is 4.66. The normalized spacial score (nSPS) is 12.2. The minimum atomic E-state index is -0.273. The van der Waals surface area contributed by atoms with Gasteiger partial charge < -0.3 is 10.5 Å². The van der Waals surface area contributed by atoms with Crippen molar-refractivity contribution >= 4 is 15.9 Å². The summed E-state index contributed by atoms with van der Waals surface area (Å²) in [6.45, 7) is 2.01. The van der Waals surface area contributed by atoms with Crippen molar-refractivity contribution in [2.45, 2.75) is 25.8 Å². The summed E-state index contributed by atoms with van der Waals surface area (Å²) in [5.41, 5.74) is 6.75. The number of nitrogens with two attached hydrogens (primary N) is 1. The predicted molar refractivity (Wildman–Crippen MR) is 82.6 cm³/mol. The van der Waals surface area contributed by atoms with Crippen molar-refractivity contribution in [3.8, 4) is 11.5 Å². The fraction of sp³-hybridized carbons (Fsp3) is 0.250. The monoisotopic (exact) mass is 337 g/mol. The van der Waals surface area contributed by atoms with Gasteiger partial charge in [-0.2, -0.15) is 0 Å². The van der Waals surface area contributed by atoms with E-state index in [4.69, 9.17) is 10.5 Å². The Morgan fingerprint density at radius 2 is 2.05 bits per heavy atom. The number of benzene rings is 2. The van der Waals surface area contributed by atoms with Crippen LogP contribution in [0.15, 0.2) is 46.9 Å². The molecular weight excluding hydrogens is 321 g/mol. The number of halogens is 2. The molecule has 1 unspecified atom stereocenters. The molecule has 4 heteroatoms. The molecule has 0 amide bonds. The van der Waals surface area contributed by atoms with Gasteiger partial charge >= 0.3 is 0 Å². The van der Waals surface area contributed by atoms with Crippen molar-refractivity contribution < 1.29 is 9.13 Å². The summed E-state index contributed by atoms with van der Waals surface area (Å²) < 4.78 is 20.2. The minimum Gasteiger partial charge on any atom is -0.457 e. The molecule has 2 aromatic rings. The Morgan fingerprint density at radius 3 is 2.75 bits per heavy atom. The third-order valence-corrected chi connectivity index (χ3v) is 3.55. The second-order valence-electron chi connectivity index (χ2n) is 4.68. The Hall–Kier alpha value is -1.39. The van der Waals surface area contributed by atoms with Crippen LogP contribution in [0.2, 0.25) is 0 Å². The van der Waals surface area contributed by atoms with Crippen molar-refractivity contribution in [3.63, 3.8) is 0 Å². The maximum Gasteiger partial charge on any atom is 0.130 e. The van der Waals surface area contributed by atoms with Gasteiger partial charge in [0, 0.05) is 10.5 Å². The zero-order valence-electron chi connectivity index (χ0n) is 11.3. The molecule has 0 heterocycles. The molecule has 0 fully saturated rings. The first-order chi connectivity index (χ1) is 9.58. The summed E-state index contributed by atoms with van der Waals surface area (Å²) >= 11 is 3.40. The minimum absolute atomic E-state index is 0.00154. The van der Waals surface area contributed by atoms with E-state index in [1.807, 2.05) is 31.2 Å². The number of ether oxygens (including phenoxy) is 1. The summed E-state index contributed by atoms with van der Waals surface area (Å²) in [7, 11) is 0. The molecule has 0 aliphatic carbocycles. The lowest BCUT2D eigenvalue weighted by Gasteiger charge is -2.14. The van der Waals surface area contributed by atoms with E-state index in [0.29, 0.717) is 17.9 Å². The molecule has 2 aromatic carbocycles. The molecule has 0 radical (unpaired) electrons. The quantitative estimate of drug-likeness (QED) is 0.861. The van der Waals surface area contributed by atoms with Gasteiger partial charge in [0.2, 0.25) is 0 Å². The van der Waals surface area contributed by atoms with E-state index in [-0.39, 0.29) is 11.9 Å². The summed E-state index contributed by atoms with van der Waals surface area (Å²) in [5, 5.41) is 0. The molecule has 2 nitrogen and oxygen atoms in total. The van der Waals surface area contributed by atoms with E-state index in [0.717, 1.165) is 16.5 Å². The van der Waals surface area contributed by atoms with Gasteiger partial charge in [-0.05, 0) is 54.8 Å². The molecule has 2 rings (SSSR count). The SMILES string of the molecule is CCC(N)Cc1cc(F)ccc1Oc1cccc(Br)c1. The van der Waals surface area contributed by atoms with Crippen LogP contribution in [0.5, 0.6) is 11.5 Å². The zero-order chi connectivity index (χ0) is 14.5. The van der Waals surface area contributed by atoms with E-state index >= 15 is 0 Å². The van der Waals surface area contributed by atoms with Crippen LogP contribution in [0.3, 0.4) is 0 Å². The second kappa shape index (κ2) is 6.86. The average molecular weight is 338 g/mol. The maximum atomic E-state index is 13.4. The van der Waals surface area contributed by atoms with Crippen LogP contribution >= 0.6 is 15.9 Å². The van der Waals surface area contributed by atoms with Gasteiger partial charge in [-0.15, -0.1) is 0 Å². The Balaban J connectivity index is 2.26. The van der Waals surface area contributed by atoms with Gasteiger partial charge in [0.15, 0.2) is 0 Å². The first kappa shape index (κ1) is 15.0. The Labute approximate surface area is 126 Å². The first-order valence-corrected chi connectivity index (χ1v) is 7.35. The van der Waals surface area contributed by atoms with Crippen LogP contribution in [-0.2, 0) is 6.42 Å². The van der Waals surface area contributed by atoms with Crippen LogP contribution in [0.4, 0.5) is 4.39 Å². The average Bonchev–Trinajstić information content (AvgIpc) is 2.42. The van der Waals surface area contributed by atoms with Gasteiger partial charge in [-0.25, -0.2) is 4.39 Å². The number of rotatable bonds is 5. The number of hydrogen-bond donors (Lipinski definition) is 1. The first-order valence-electron chi connectivity index (χ1n) is 6.56. The molecule has 0 aromatic heterocycles. The van der Waals surface area contributed by atoms with Crippen molar-refractivity contribution in [1.29, 1.82) is 0 Å². The maximum absolute atomic E-state index is 13.4. The molecule has 0 aliphatic rings. The van der Waals surface area contributed by atoms with E-state index in [2.05, 4.69) is 15.9 Å². The summed E-state index contributed by atoms with van der Waals surface area (Å²) in [5.74, 6) is 1.08. The van der Waals surface area contributed by atoms with Crippen molar-refractivity contribution in [2.75, 3.05) is 0 Å². The fourth-order valence-corrected chi connectivity index (χ4v) is 2.27. The van der Waals surface area contributed by atoms with Crippen molar-refractivity contribution in [3.05, 3.63) is 58.3 Å². The Bertz CT molecular complexity index is 588. The van der Waals surface area contributed by atoms with Crippen LogP contribution in [0.25, 0.3) is 0 Å². The van der Waals surface area contributed by atoms with E-state index in [9.17, 15) is 4.39 Å². The lowest BCUT2D eigenvalue weighted by molar-refractivity contribution is 0.469. The fourth-order valence-electron chi connectivity index (χ4n) is 1.89. The summed E-state index contributed by atoms with van der Waals surface area (Å²) in [4.78, 5) is 0. The summed E-state index contributed by atoms with van der Waals surface area (Å²) in [6.07, 6.45) is 1.43. The van der Waals surface area contributed by atoms with Gasteiger partial charge in [-0.1, -0.05) is 28.9 Å². The van der Waals surface area contributed by atoms with Crippen LogP contribution in [0, 0.1) is 5.82 Å². The highest BCUT2D eigenvalue weighted by Crippen LogP contribution is 2.28. The highest BCUT2D eigenvalue weighted by atomic mass is 79.9. The van der Waals surface area contributed by atoms with Gasteiger partial charge in [0.1, 0.15) is 17.3 Å². The van der Waals surface area contributed by atoms with Crippen LogP contribution < -0.4 is 10.5 Å². The summed E-state index contributed by atoms with van der Waals surface area (Å²) in [6, 6.07) is 12.1. The zero-order valence-corrected chi connectivity index (χ0v) is 12.9. The largest absolute Gasteiger partial charge is 0.457 e. The standard InChI is InChI=1S/C16H17BrFNO/c1-2-14(19)9-11-8-13(18)6-7-16(11)20-15-5-3-4-12(17)10-15/h3-8,10,14H,2,9,19H2,1H3. The van der Waals surface area contributed by atoms with Crippen molar-refractivity contribution in [1.82, 2.24) is 0 Å². The molecule has 0 bridgehead atoms. The highest BCUT2D eigenvalue weighted by Gasteiger charge is 2.10. The van der Waals surface area contributed by atoms with Crippen LogP contribution in [-0.4, -0.2) is 6.04 Å². The van der Waals surface area contributed by atoms with E-state index in [1.54, 1.807) is 6.07 Å². The molecule has 0 spiro atoms. The van der Waals surface area contributed by atoms with Gasteiger partial charge in [-0.3, -0.25) is 0 Å². The highest BCUT2D eigenvalue weighted by molar-refractivity contribution is 9.10. The lowest BCUT2D eigenvalue weighted by atomic mass is 10.0. The molecular formula is C16H17BrFNO. The molecule has 106 valence electrons. The van der Waals surface area contributed by atoms with Crippen molar-refractivity contribution in [2.24, 2.45) is 5.73 Å². The topological polar surface area (TPSA) is 35.2 Å². The van der Waals surface area contributed by atoms with Gasteiger partial charge in [0.25, 0.3) is 0 Å². The third-order valence-electron chi connectivity index (χ3n) is 3.05. The number of hydrogen-bond acceptors (Lipinski definition) is 2. The lowest BCUT2D eigenvalue weighted by Crippen LogP contribution is -2.21. The molecule has 0 aliphatic heterocycles. The van der Waals surface area contributed by atoms with Crippen LogP contribution in [0.1, 0.15) is 18.9 Å². The van der Waals surface area contributed by atoms with E-state index in [1.165, 1.54) is 12.1 Å². The molecule has 0 saturated carbocycles. The molecule has 0 saturated heterocycles. The Morgan fingerprint density at radius 1 is 1.25 bits per heavy atom. The second-order valence-corrected chi connectivity index (χ2v) is 5.60. The van der Waals surface area contributed by atoms with Gasteiger partial charge in [0.05, 0.1) is 0 Å². The Kier molecular flexibility index (Phi) is 5.15. The molecule has 20 heavy (non-hydrogen) atoms. The van der Waals surface area contributed by atoms with E-state index < -0.39 is 0 Å². The third kappa shape index (κ3) is 4.05. The smallest absolute Gasteiger partial charge is 0.130 e. The molecule has 2 N–H and O–H groups in total.